The summed E-state index contributed by atoms with van der Waals surface area (Å²) in [5.74, 6) is 0.190. The predicted molar refractivity (Wildman–Crippen MR) is 135 cm³/mol. The summed E-state index contributed by atoms with van der Waals surface area (Å²) in [7, 11) is -0.417. The molecule has 0 amide bonds. The number of nitrogens with one attached hydrogen (secondary N) is 1. The van der Waals surface area contributed by atoms with E-state index in [4.69, 9.17) is 14.2 Å². The Hall–Kier alpha value is -3.46. The van der Waals surface area contributed by atoms with Gasteiger partial charge in [-0.3, -0.25) is 10.1 Å². The minimum Gasteiger partial charge on any atom is -0.486 e. The van der Waals surface area contributed by atoms with Gasteiger partial charge in [0.1, 0.15) is 36.7 Å². The molecule has 8 nitrogen and oxygen atoms in total. The molecule has 4 rings (SSSR count). The third-order valence-corrected chi connectivity index (χ3v) is 7.82. The summed E-state index contributed by atoms with van der Waals surface area (Å²) >= 11 is 0. The largest absolute Gasteiger partial charge is 0.486 e. The van der Waals surface area contributed by atoms with Gasteiger partial charge in [0, 0.05) is 22.9 Å². The van der Waals surface area contributed by atoms with E-state index in [1.165, 1.54) is 5.56 Å². The molecule has 0 bridgehead atoms. The Kier molecular flexibility index (Phi) is 7.65. The van der Waals surface area contributed by atoms with Crippen LogP contribution >= 0.6 is 0 Å². The Morgan fingerprint density at radius 2 is 1.91 bits per heavy atom. The van der Waals surface area contributed by atoms with E-state index >= 15 is 0 Å². The van der Waals surface area contributed by atoms with Gasteiger partial charge >= 0.3 is 5.97 Å². The van der Waals surface area contributed by atoms with E-state index < -0.39 is 27.7 Å². The Labute approximate surface area is 207 Å². The maximum atomic E-state index is 13.4. The van der Waals surface area contributed by atoms with Gasteiger partial charge in [-0.05, 0) is 25.5 Å². The minimum atomic E-state index is -0.955. The number of nitrogens with zero attached hydrogens (tertiary/aromatic N) is 1. The van der Waals surface area contributed by atoms with Crippen molar-refractivity contribution in [2.24, 2.45) is 0 Å². The van der Waals surface area contributed by atoms with E-state index in [9.17, 15) is 14.9 Å². The van der Waals surface area contributed by atoms with E-state index in [1.54, 1.807) is 32.0 Å². The quantitative estimate of drug-likeness (QED) is 0.255. The first-order chi connectivity index (χ1) is 16.9. The lowest BCUT2D eigenvalue weighted by atomic mass is 9.85. The number of carbonyl (C=O) groups is 1. The zero-order chi connectivity index (χ0) is 24.9. The van der Waals surface area contributed by atoms with Crippen molar-refractivity contribution in [3.05, 3.63) is 91.8 Å². The molecular weight excluding hydrogens is 468 g/mol. The first kappa shape index (κ1) is 24.7. The number of hydrogen-bond donors (Lipinski definition) is 1. The summed E-state index contributed by atoms with van der Waals surface area (Å²) in [5, 5.41) is 16.2. The first-order valence-corrected chi connectivity index (χ1v) is 13.3. The van der Waals surface area contributed by atoms with Crippen LogP contribution in [0.3, 0.4) is 0 Å². The fourth-order valence-corrected chi connectivity index (χ4v) is 6.02. The van der Waals surface area contributed by atoms with Crippen LogP contribution in [0.4, 0.5) is 0 Å². The number of ether oxygens (including phenoxy) is 3. The van der Waals surface area contributed by atoms with Crippen LogP contribution in [0.15, 0.2) is 70.5 Å². The number of carbonyl (C=O) groups excluding carboxylic acids is 1. The summed E-state index contributed by atoms with van der Waals surface area (Å²) in [5.41, 5.74) is 2.27. The van der Waals surface area contributed by atoms with E-state index in [0.29, 0.717) is 41.0 Å². The number of aryl methyl sites for hydroxylation is 1. The van der Waals surface area contributed by atoms with Crippen molar-refractivity contribution in [3.63, 3.8) is 0 Å². The average molecular weight is 498 g/mol. The van der Waals surface area contributed by atoms with Gasteiger partial charge in [-0.25, -0.2) is 4.79 Å². The second kappa shape index (κ2) is 10.9. The highest BCUT2D eigenvalue weighted by atomic mass is 32.2. The zero-order valence-electron chi connectivity index (χ0n) is 20.0. The van der Waals surface area contributed by atoms with Crippen LogP contribution in [0, 0.1) is 10.1 Å². The summed E-state index contributed by atoms with van der Waals surface area (Å²) in [6, 6.07) is 15.4. The molecule has 0 aliphatic carbocycles. The number of benzene rings is 2. The SMILES string of the molecule is CCOC(=O)C1=C([S+](C)CCc2ccccc2)NC(C)=C([N+](=O)[O-])C1c1cccc2c1OCCO2. The molecule has 2 aromatic carbocycles. The van der Waals surface area contributed by atoms with Crippen molar-refractivity contribution in [1.29, 1.82) is 0 Å². The van der Waals surface area contributed by atoms with Crippen LogP contribution in [0.1, 0.15) is 30.9 Å². The van der Waals surface area contributed by atoms with Gasteiger partial charge in [0.15, 0.2) is 11.5 Å². The molecule has 35 heavy (non-hydrogen) atoms. The Morgan fingerprint density at radius 1 is 1.17 bits per heavy atom. The molecule has 0 aromatic heterocycles. The molecule has 2 aromatic rings. The van der Waals surface area contributed by atoms with Crippen LogP contribution < -0.4 is 14.8 Å². The van der Waals surface area contributed by atoms with Gasteiger partial charge in [-0.1, -0.05) is 42.5 Å². The maximum Gasteiger partial charge on any atom is 0.342 e. The van der Waals surface area contributed by atoms with Crippen molar-refractivity contribution in [1.82, 2.24) is 5.32 Å². The van der Waals surface area contributed by atoms with Crippen molar-refractivity contribution in [2.45, 2.75) is 26.2 Å². The second-order valence-electron chi connectivity index (χ2n) is 8.24. The first-order valence-electron chi connectivity index (χ1n) is 11.5. The molecule has 184 valence electrons. The van der Waals surface area contributed by atoms with E-state index in [2.05, 4.69) is 17.4 Å². The van der Waals surface area contributed by atoms with Crippen molar-refractivity contribution >= 4 is 16.9 Å². The molecular formula is C26H29N2O6S+. The number of dihydropyridines is 1. The smallest absolute Gasteiger partial charge is 0.342 e. The lowest BCUT2D eigenvalue weighted by Gasteiger charge is -2.28. The van der Waals surface area contributed by atoms with Gasteiger partial charge in [0.25, 0.3) is 5.70 Å². The lowest BCUT2D eigenvalue weighted by Crippen LogP contribution is -2.36. The van der Waals surface area contributed by atoms with Gasteiger partial charge in [0.05, 0.1) is 17.2 Å². The third-order valence-electron chi connectivity index (χ3n) is 5.98. The van der Waals surface area contributed by atoms with Crippen molar-refractivity contribution in [2.75, 3.05) is 31.8 Å². The standard InChI is InChI=1S/C26H28N2O6S/c1-4-32-26(29)22-21(19-11-8-12-20-24(19)34-15-14-33-20)23(28(30)31)17(2)27-25(22)35(3)16-13-18-9-6-5-7-10-18/h5-12,21H,4,13-16H2,1-3H3/p+1. The maximum absolute atomic E-state index is 13.4. The van der Waals surface area contributed by atoms with Crippen LogP contribution in [-0.4, -0.2) is 42.7 Å². The van der Waals surface area contributed by atoms with Crippen molar-refractivity contribution in [3.8, 4) is 11.5 Å². The van der Waals surface area contributed by atoms with Gasteiger partial charge in [0.2, 0.25) is 5.03 Å². The third kappa shape index (κ3) is 5.14. The lowest BCUT2D eigenvalue weighted by molar-refractivity contribution is -0.431. The molecule has 2 aliphatic rings. The highest BCUT2D eigenvalue weighted by Gasteiger charge is 2.47. The highest BCUT2D eigenvalue weighted by Crippen LogP contribution is 2.47. The summed E-state index contributed by atoms with van der Waals surface area (Å²) in [4.78, 5) is 25.2. The van der Waals surface area contributed by atoms with Crippen LogP contribution in [0.5, 0.6) is 11.5 Å². The van der Waals surface area contributed by atoms with E-state index in [1.807, 2.05) is 24.5 Å². The topological polar surface area (TPSA) is 99.9 Å². The molecule has 0 spiro atoms. The van der Waals surface area contributed by atoms with Crippen LogP contribution in [0.25, 0.3) is 0 Å². The molecule has 0 saturated carbocycles. The number of rotatable bonds is 8. The second-order valence-corrected chi connectivity index (χ2v) is 10.3. The minimum absolute atomic E-state index is 0.0977. The number of hydrogen-bond acceptors (Lipinski definition) is 7. The van der Waals surface area contributed by atoms with Crippen LogP contribution in [0.2, 0.25) is 0 Å². The summed E-state index contributed by atoms with van der Waals surface area (Å²) in [6.07, 6.45) is 2.86. The molecule has 9 heteroatoms. The normalized spacial score (nSPS) is 18.1. The fourth-order valence-electron chi connectivity index (χ4n) is 4.37. The van der Waals surface area contributed by atoms with E-state index in [0.717, 1.165) is 12.2 Å². The Bertz CT molecular complexity index is 1180. The molecule has 0 saturated heterocycles. The predicted octanol–water partition coefficient (Wildman–Crippen LogP) is 3.92. The number of esters is 1. The van der Waals surface area contributed by atoms with Gasteiger partial charge < -0.3 is 19.5 Å². The summed E-state index contributed by atoms with van der Waals surface area (Å²) in [6.45, 7) is 4.28. The van der Waals surface area contributed by atoms with Gasteiger partial charge in [-0.15, -0.1) is 0 Å². The van der Waals surface area contributed by atoms with Gasteiger partial charge in [-0.2, -0.15) is 0 Å². The Balaban J connectivity index is 1.83. The molecule has 2 heterocycles. The highest BCUT2D eigenvalue weighted by molar-refractivity contribution is 7.99. The fraction of sp³-hybridized carbons (Fsp3) is 0.346. The molecule has 0 radical (unpaired) electrons. The van der Waals surface area contributed by atoms with Crippen LogP contribution in [-0.2, 0) is 26.8 Å². The monoisotopic (exact) mass is 497 g/mol. The Morgan fingerprint density at radius 3 is 2.63 bits per heavy atom. The molecule has 0 fully saturated rings. The number of fused-ring (bicyclic) bond motifs is 1. The summed E-state index contributed by atoms with van der Waals surface area (Å²) < 4.78 is 17.1. The molecule has 2 unspecified atom stereocenters. The zero-order valence-corrected chi connectivity index (χ0v) is 20.9. The molecule has 1 N–H and O–H groups in total. The number of allylic oxidation sites excluding steroid dienone is 2. The molecule has 2 atom stereocenters. The molecule has 2 aliphatic heterocycles. The van der Waals surface area contributed by atoms with Crippen molar-refractivity contribution < 1.29 is 23.9 Å². The average Bonchev–Trinajstić information content (AvgIpc) is 2.86. The number of nitro groups is 1. The number of para-hydroxylation sites is 1. The van der Waals surface area contributed by atoms with E-state index in [-0.39, 0.29) is 17.9 Å².